The third-order valence-electron chi connectivity index (χ3n) is 7.15. The first-order valence-electron chi connectivity index (χ1n) is 9.74. The zero-order valence-corrected chi connectivity index (χ0v) is 17.5. The number of hydrogen-bond acceptors (Lipinski definition) is 4. The molecule has 150 valence electrons. The largest absolute Gasteiger partial charge is 0.324 e. The van der Waals surface area contributed by atoms with Crippen molar-refractivity contribution in [1.82, 2.24) is 0 Å². The number of carbonyl (C=O) groups is 2. The normalized spacial score (nSPS) is 28.6. The van der Waals surface area contributed by atoms with Gasteiger partial charge in [-0.05, 0) is 42.5 Å². The fraction of sp³-hybridized carbons (Fsp3) is 0.348. The fourth-order valence-electron chi connectivity index (χ4n) is 4.90. The maximum absolute atomic E-state index is 13.6. The lowest BCUT2D eigenvalue weighted by Crippen LogP contribution is -2.47. The van der Waals surface area contributed by atoms with E-state index in [1.54, 1.807) is 24.3 Å². The van der Waals surface area contributed by atoms with Crippen LogP contribution in [0.3, 0.4) is 0 Å². The standard InChI is InChI=1S/C23H24ClN3O2/c1-21(2)22(3)13-14-23(21,20(29)25-17-12-8-7-11-16(17)24)19(28)18(22)27-26-15-9-5-4-6-10-15/h4-12,26H,13-14H2,1-3H3,(H,25,29). The van der Waals surface area contributed by atoms with Gasteiger partial charge in [0, 0.05) is 5.41 Å². The smallest absolute Gasteiger partial charge is 0.239 e. The second-order valence-corrected chi connectivity index (χ2v) is 8.97. The van der Waals surface area contributed by atoms with E-state index >= 15 is 0 Å². The van der Waals surface area contributed by atoms with Gasteiger partial charge in [0.2, 0.25) is 5.91 Å². The van der Waals surface area contributed by atoms with Crippen molar-refractivity contribution in [3.63, 3.8) is 0 Å². The molecule has 2 unspecified atom stereocenters. The molecule has 2 aliphatic rings. The first-order chi connectivity index (χ1) is 13.7. The number of anilines is 2. The Bertz CT molecular complexity index is 1020. The Kier molecular flexibility index (Phi) is 4.54. The number of carbonyl (C=O) groups excluding carboxylic acids is 2. The van der Waals surface area contributed by atoms with Gasteiger partial charge in [0.15, 0.2) is 5.78 Å². The summed E-state index contributed by atoms with van der Waals surface area (Å²) in [6.07, 6.45) is 1.22. The highest BCUT2D eigenvalue weighted by Crippen LogP contribution is 2.69. The van der Waals surface area contributed by atoms with Gasteiger partial charge in [-0.15, -0.1) is 0 Å². The van der Waals surface area contributed by atoms with Crippen LogP contribution in [-0.2, 0) is 9.59 Å². The van der Waals surface area contributed by atoms with Gasteiger partial charge in [0.25, 0.3) is 0 Å². The summed E-state index contributed by atoms with van der Waals surface area (Å²) < 4.78 is 0. The van der Waals surface area contributed by atoms with Crippen LogP contribution in [0.1, 0.15) is 33.6 Å². The van der Waals surface area contributed by atoms with Crippen molar-refractivity contribution in [3.05, 3.63) is 59.6 Å². The van der Waals surface area contributed by atoms with Crippen molar-refractivity contribution >= 4 is 40.4 Å². The molecule has 0 aliphatic heterocycles. The minimum Gasteiger partial charge on any atom is -0.324 e. The Morgan fingerprint density at radius 3 is 2.34 bits per heavy atom. The van der Waals surface area contributed by atoms with Crippen LogP contribution in [-0.4, -0.2) is 17.4 Å². The van der Waals surface area contributed by atoms with Crippen molar-refractivity contribution < 1.29 is 9.59 Å². The van der Waals surface area contributed by atoms with Crippen LogP contribution >= 0.6 is 11.6 Å². The molecule has 0 saturated heterocycles. The van der Waals surface area contributed by atoms with Crippen LogP contribution in [0.2, 0.25) is 5.02 Å². The first kappa shape index (κ1) is 19.6. The number of halogens is 1. The summed E-state index contributed by atoms with van der Waals surface area (Å²) in [5, 5.41) is 7.83. The molecule has 2 atom stereocenters. The van der Waals surface area contributed by atoms with E-state index in [-0.39, 0.29) is 11.7 Å². The van der Waals surface area contributed by atoms with E-state index in [0.717, 1.165) is 12.1 Å². The van der Waals surface area contributed by atoms with Crippen molar-refractivity contribution in [2.75, 3.05) is 10.7 Å². The van der Waals surface area contributed by atoms with Crippen LogP contribution < -0.4 is 10.7 Å². The lowest BCUT2D eigenvalue weighted by atomic mass is 9.64. The lowest BCUT2D eigenvalue weighted by Gasteiger charge is -2.37. The van der Waals surface area contributed by atoms with Crippen LogP contribution in [0, 0.1) is 16.2 Å². The minimum absolute atomic E-state index is 0.204. The summed E-state index contributed by atoms with van der Waals surface area (Å²) in [5.41, 5.74) is 2.49. The maximum Gasteiger partial charge on any atom is 0.239 e. The molecule has 0 radical (unpaired) electrons. The summed E-state index contributed by atoms with van der Waals surface area (Å²) in [7, 11) is 0. The maximum atomic E-state index is 13.6. The van der Waals surface area contributed by atoms with Gasteiger partial charge < -0.3 is 5.32 Å². The van der Waals surface area contributed by atoms with E-state index in [9.17, 15) is 9.59 Å². The molecule has 4 rings (SSSR count). The van der Waals surface area contributed by atoms with Crippen molar-refractivity contribution in [2.24, 2.45) is 21.3 Å². The van der Waals surface area contributed by atoms with Crippen molar-refractivity contribution in [2.45, 2.75) is 33.6 Å². The number of hydrazone groups is 1. The van der Waals surface area contributed by atoms with Crippen molar-refractivity contribution in [1.29, 1.82) is 0 Å². The van der Waals surface area contributed by atoms with Crippen molar-refractivity contribution in [3.8, 4) is 0 Å². The predicted octanol–water partition coefficient (Wildman–Crippen LogP) is 5.14. The van der Waals surface area contributed by atoms with Gasteiger partial charge >= 0.3 is 0 Å². The zero-order chi connectivity index (χ0) is 20.9. The summed E-state index contributed by atoms with van der Waals surface area (Å²) in [6, 6.07) is 16.5. The Morgan fingerprint density at radius 2 is 1.66 bits per heavy atom. The molecule has 0 spiro atoms. The van der Waals surface area contributed by atoms with E-state index in [2.05, 4.69) is 15.8 Å². The van der Waals surface area contributed by atoms with Gasteiger partial charge in [-0.1, -0.05) is 62.7 Å². The molecule has 0 heterocycles. The average Bonchev–Trinajstić information content (AvgIpc) is 2.98. The van der Waals surface area contributed by atoms with E-state index in [0.29, 0.717) is 22.8 Å². The molecule has 5 nitrogen and oxygen atoms in total. The minimum atomic E-state index is -1.17. The number of nitrogens with one attached hydrogen (secondary N) is 2. The molecule has 2 N–H and O–H groups in total. The Morgan fingerprint density at radius 1 is 1.00 bits per heavy atom. The SMILES string of the molecule is CC12CCC(C(=O)Nc3ccccc3Cl)(C(=O)C1=NNc1ccccc1)C2(C)C. The van der Waals surface area contributed by atoms with Gasteiger partial charge in [-0.25, -0.2) is 0 Å². The van der Waals surface area contributed by atoms with Gasteiger partial charge in [0.05, 0.1) is 16.4 Å². The molecule has 6 heteroatoms. The molecule has 2 aromatic carbocycles. The molecular weight excluding hydrogens is 386 g/mol. The number of hydrogen-bond donors (Lipinski definition) is 2. The number of amides is 1. The van der Waals surface area contributed by atoms with E-state index in [4.69, 9.17) is 11.6 Å². The number of ketones is 1. The fourth-order valence-corrected chi connectivity index (χ4v) is 5.08. The van der Waals surface area contributed by atoms with E-state index < -0.39 is 16.2 Å². The lowest BCUT2D eigenvalue weighted by molar-refractivity contribution is -0.139. The summed E-state index contributed by atoms with van der Waals surface area (Å²) >= 11 is 6.22. The monoisotopic (exact) mass is 409 g/mol. The van der Waals surface area contributed by atoms with Crippen LogP contribution in [0.25, 0.3) is 0 Å². The Hall–Kier alpha value is -2.66. The number of benzene rings is 2. The first-order valence-corrected chi connectivity index (χ1v) is 10.1. The van der Waals surface area contributed by atoms with Crippen LogP contribution in [0.15, 0.2) is 59.7 Å². The second kappa shape index (κ2) is 6.70. The topological polar surface area (TPSA) is 70.6 Å². The molecule has 0 aromatic heterocycles. The number of Topliss-reactive ketones (excluding diaryl/α,β-unsaturated/α-hetero) is 1. The highest BCUT2D eigenvalue weighted by molar-refractivity contribution is 6.51. The molecule has 2 saturated carbocycles. The highest BCUT2D eigenvalue weighted by atomic mass is 35.5. The van der Waals surface area contributed by atoms with Crippen LogP contribution in [0.4, 0.5) is 11.4 Å². The Labute approximate surface area is 175 Å². The van der Waals surface area contributed by atoms with E-state index in [1.807, 2.05) is 51.1 Å². The Balaban J connectivity index is 1.71. The molecule has 29 heavy (non-hydrogen) atoms. The third kappa shape index (κ3) is 2.64. The van der Waals surface area contributed by atoms with Gasteiger partial charge in [-0.2, -0.15) is 5.10 Å². The predicted molar refractivity (Wildman–Crippen MR) is 116 cm³/mol. The molecular formula is C23H24ClN3O2. The zero-order valence-electron chi connectivity index (χ0n) is 16.8. The molecule has 2 aromatic rings. The number of nitrogens with zero attached hydrogens (tertiary/aromatic N) is 1. The van der Waals surface area contributed by atoms with Crippen LogP contribution in [0.5, 0.6) is 0 Å². The third-order valence-corrected chi connectivity index (χ3v) is 7.48. The molecule has 2 bridgehead atoms. The second-order valence-electron chi connectivity index (χ2n) is 8.56. The number of rotatable bonds is 4. The van der Waals surface area contributed by atoms with Gasteiger partial charge in [-0.3, -0.25) is 15.0 Å². The number of fused-ring (bicyclic) bond motifs is 2. The highest BCUT2D eigenvalue weighted by Gasteiger charge is 2.76. The van der Waals surface area contributed by atoms with Gasteiger partial charge in [0.1, 0.15) is 11.1 Å². The molecule has 1 amide bonds. The number of para-hydroxylation sites is 2. The summed E-state index contributed by atoms with van der Waals surface area (Å²) in [4.78, 5) is 27.1. The summed E-state index contributed by atoms with van der Waals surface area (Å²) in [5.74, 6) is -0.515. The quantitative estimate of drug-likeness (QED) is 0.542. The summed E-state index contributed by atoms with van der Waals surface area (Å²) in [6.45, 7) is 6.03. The molecule has 2 fully saturated rings. The molecule has 2 aliphatic carbocycles. The average molecular weight is 410 g/mol. The van der Waals surface area contributed by atoms with E-state index in [1.165, 1.54) is 0 Å².